The predicted molar refractivity (Wildman–Crippen MR) is 294 cm³/mol. The number of hydrogen-bond acceptors (Lipinski definition) is 6. The van der Waals surface area contributed by atoms with Gasteiger partial charge in [0.05, 0.1) is 55.7 Å². The van der Waals surface area contributed by atoms with Crippen molar-refractivity contribution in [2.45, 2.75) is 0 Å². The van der Waals surface area contributed by atoms with E-state index in [0.717, 1.165) is 78.5 Å². The van der Waals surface area contributed by atoms with Crippen molar-refractivity contribution in [2.24, 2.45) is 0 Å². The van der Waals surface area contributed by atoms with Crippen LogP contribution in [-0.4, -0.2) is 19.1 Å². The molecule has 3 heterocycles. The van der Waals surface area contributed by atoms with E-state index in [4.69, 9.17) is 4.98 Å². The molecule has 0 radical (unpaired) electrons. The third-order valence-corrected chi connectivity index (χ3v) is 15.4. The monoisotopic (exact) mass is 901 g/mol. The molecule has 2 aliphatic rings. The summed E-state index contributed by atoms with van der Waals surface area (Å²) >= 11 is 1.74. The van der Waals surface area contributed by atoms with Crippen LogP contribution in [0, 0.1) is 0 Å². The Balaban J connectivity index is 1.07. The summed E-state index contributed by atoms with van der Waals surface area (Å²) in [6.45, 7) is 0. The number of thiazole rings is 1. The molecule has 0 aliphatic carbocycles. The van der Waals surface area contributed by atoms with Crippen LogP contribution in [0.3, 0.4) is 0 Å². The van der Waals surface area contributed by atoms with Gasteiger partial charge in [-0.15, -0.1) is 11.3 Å². The standard InChI is InChI=1S/C63H43N5S/c1-65-52-18-6-10-22-56(52)67(57-23-11-7-19-53(57)65)45-34-36-48-49(38-45)61(41-28-30-42(31-29-41)63-64-51-17-5-14-26-60(51)69-63)47-35-33-46(39-50(47)62(48)44-32-27-40-15-3-4-16-43(40)37-44)68-58-24-12-8-20-54(58)66(2)55-21-9-13-25-59(55)68/h3-39H,1-2H3. The zero-order chi connectivity index (χ0) is 45.7. The van der Waals surface area contributed by atoms with Gasteiger partial charge in [0, 0.05) is 31.0 Å². The molecule has 69 heavy (non-hydrogen) atoms. The summed E-state index contributed by atoms with van der Waals surface area (Å²) in [7, 11) is 4.34. The summed E-state index contributed by atoms with van der Waals surface area (Å²) in [5.41, 5.74) is 18.3. The van der Waals surface area contributed by atoms with Gasteiger partial charge in [0.2, 0.25) is 0 Å². The van der Waals surface area contributed by atoms with E-state index in [0.29, 0.717) is 0 Å². The van der Waals surface area contributed by atoms with Gasteiger partial charge >= 0.3 is 0 Å². The molecule has 0 N–H and O–H groups in total. The maximum atomic E-state index is 5.05. The molecule has 12 aromatic rings. The Hall–Kier alpha value is -8.71. The van der Waals surface area contributed by atoms with E-state index < -0.39 is 0 Å². The number of hydrogen-bond donors (Lipinski definition) is 0. The normalized spacial score (nSPS) is 13.0. The molecule has 0 amide bonds. The highest BCUT2D eigenvalue weighted by Crippen LogP contribution is 2.55. The topological polar surface area (TPSA) is 25.9 Å². The zero-order valence-corrected chi connectivity index (χ0v) is 38.8. The van der Waals surface area contributed by atoms with Crippen LogP contribution in [0.4, 0.5) is 56.9 Å². The highest BCUT2D eigenvalue weighted by Gasteiger charge is 2.30. The van der Waals surface area contributed by atoms with Crippen LogP contribution in [0.5, 0.6) is 0 Å². The Morgan fingerprint density at radius 2 is 0.754 bits per heavy atom. The molecular weight excluding hydrogens is 859 g/mol. The lowest BCUT2D eigenvalue weighted by molar-refractivity contribution is 1.13. The van der Waals surface area contributed by atoms with Crippen LogP contribution in [-0.2, 0) is 0 Å². The van der Waals surface area contributed by atoms with E-state index in [1.807, 2.05) is 0 Å². The number of anilines is 10. The summed E-state index contributed by atoms with van der Waals surface area (Å²) in [5.74, 6) is 0. The number of rotatable bonds is 5. The van der Waals surface area contributed by atoms with E-state index in [1.165, 1.54) is 53.7 Å². The van der Waals surface area contributed by atoms with Gasteiger partial charge in [0.25, 0.3) is 0 Å². The average Bonchev–Trinajstić information content (AvgIpc) is 3.85. The molecule has 5 nitrogen and oxygen atoms in total. The van der Waals surface area contributed by atoms with Crippen molar-refractivity contribution in [3.63, 3.8) is 0 Å². The van der Waals surface area contributed by atoms with Gasteiger partial charge in [-0.3, -0.25) is 0 Å². The van der Waals surface area contributed by atoms with Gasteiger partial charge in [-0.25, -0.2) is 4.98 Å². The fourth-order valence-electron chi connectivity index (χ4n) is 11.0. The van der Waals surface area contributed by atoms with Crippen molar-refractivity contribution < 1.29 is 0 Å². The van der Waals surface area contributed by atoms with E-state index >= 15 is 0 Å². The fraction of sp³-hybridized carbons (Fsp3) is 0.0317. The van der Waals surface area contributed by atoms with Crippen molar-refractivity contribution >= 4 is 111 Å². The second-order valence-electron chi connectivity index (χ2n) is 18.1. The van der Waals surface area contributed by atoms with Gasteiger partial charge in [0.15, 0.2) is 0 Å². The number of fused-ring (bicyclic) bond motifs is 8. The fourth-order valence-corrected chi connectivity index (χ4v) is 12.0. The van der Waals surface area contributed by atoms with Gasteiger partial charge in [-0.2, -0.15) is 0 Å². The van der Waals surface area contributed by atoms with E-state index in [-0.39, 0.29) is 0 Å². The molecule has 0 saturated carbocycles. The predicted octanol–water partition coefficient (Wildman–Crippen LogP) is 17.9. The van der Waals surface area contributed by atoms with E-state index in [1.54, 1.807) is 11.3 Å². The van der Waals surface area contributed by atoms with E-state index in [2.05, 4.69) is 258 Å². The SMILES string of the molecule is CN1c2ccccc2N(c2ccc3c(-c4ccc5ccccc5c4)c4cc(N5c6ccccc6N(C)c6ccccc65)ccc4c(-c4ccc(-c5nc6ccccc6s5)cc4)c3c2)c2ccccc21. The summed E-state index contributed by atoms with van der Waals surface area (Å²) in [5, 5.41) is 8.22. The van der Waals surface area contributed by atoms with Gasteiger partial charge in [-0.1, -0.05) is 133 Å². The Morgan fingerprint density at radius 1 is 0.333 bits per heavy atom. The summed E-state index contributed by atoms with van der Waals surface area (Å²) in [6, 6.07) is 82.4. The molecule has 0 bridgehead atoms. The van der Waals surface area contributed by atoms with Crippen LogP contribution in [0.2, 0.25) is 0 Å². The van der Waals surface area contributed by atoms with E-state index in [9.17, 15) is 0 Å². The lowest BCUT2D eigenvalue weighted by Gasteiger charge is -2.39. The summed E-state index contributed by atoms with van der Waals surface area (Å²) in [4.78, 5) is 14.5. The number of aromatic nitrogens is 1. The molecule has 0 spiro atoms. The first-order chi connectivity index (χ1) is 34.1. The second-order valence-corrected chi connectivity index (χ2v) is 19.1. The van der Waals surface area contributed by atoms with Gasteiger partial charge in [-0.05, 0) is 146 Å². The highest BCUT2D eigenvalue weighted by atomic mass is 32.1. The largest absolute Gasteiger partial charge is 0.341 e. The molecule has 11 aromatic carbocycles. The summed E-state index contributed by atoms with van der Waals surface area (Å²) in [6.07, 6.45) is 0. The lowest BCUT2D eigenvalue weighted by Crippen LogP contribution is -2.24. The van der Waals surface area contributed by atoms with Crippen molar-refractivity contribution in [1.29, 1.82) is 0 Å². The van der Waals surface area contributed by atoms with Crippen LogP contribution in [0.25, 0.3) is 75.4 Å². The highest BCUT2D eigenvalue weighted by molar-refractivity contribution is 7.21. The van der Waals surface area contributed by atoms with Gasteiger partial charge < -0.3 is 19.6 Å². The van der Waals surface area contributed by atoms with Crippen LogP contribution in [0.1, 0.15) is 0 Å². The molecular formula is C63H43N5S. The first kappa shape index (κ1) is 39.5. The Bertz CT molecular complexity index is 3910. The molecule has 0 unspecified atom stereocenters. The Morgan fingerprint density at radius 3 is 1.28 bits per heavy atom. The minimum atomic E-state index is 1.02. The van der Waals surface area contributed by atoms with Crippen molar-refractivity contribution in [3.05, 3.63) is 224 Å². The van der Waals surface area contributed by atoms with Crippen LogP contribution >= 0.6 is 11.3 Å². The number of nitrogens with zero attached hydrogens (tertiary/aromatic N) is 5. The Kier molecular flexibility index (Phi) is 8.82. The molecule has 14 rings (SSSR count). The number of benzene rings is 11. The molecule has 0 fully saturated rings. The minimum absolute atomic E-state index is 1.02. The minimum Gasteiger partial charge on any atom is -0.341 e. The lowest BCUT2D eigenvalue weighted by atomic mass is 9.84. The van der Waals surface area contributed by atoms with Gasteiger partial charge in [0.1, 0.15) is 5.01 Å². The smallest absolute Gasteiger partial charge is 0.124 e. The molecule has 326 valence electrons. The van der Waals surface area contributed by atoms with Crippen molar-refractivity contribution in [2.75, 3.05) is 33.7 Å². The van der Waals surface area contributed by atoms with Crippen LogP contribution in [0.15, 0.2) is 224 Å². The third-order valence-electron chi connectivity index (χ3n) is 14.3. The second kappa shape index (κ2) is 15.4. The first-order valence-corrected chi connectivity index (χ1v) is 24.3. The van der Waals surface area contributed by atoms with Crippen molar-refractivity contribution in [1.82, 2.24) is 4.98 Å². The third kappa shape index (κ3) is 6.12. The molecule has 2 aliphatic heterocycles. The average molecular weight is 902 g/mol. The van der Waals surface area contributed by atoms with Crippen LogP contribution < -0.4 is 19.6 Å². The first-order valence-electron chi connectivity index (χ1n) is 23.5. The van der Waals surface area contributed by atoms with Crippen molar-refractivity contribution in [3.8, 4) is 32.8 Å². The molecule has 6 heteroatoms. The molecule has 0 saturated heterocycles. The molecule has 1 aromatic heterocycles. The summed E-state index contributed by atoms with van der Waals surface area (Å²) < 4.78 is 1.19. The number of para-hydroxylation sites is 9. The maximum absolute atomic E-state index is 5.05. The zero-order valence-electron chi connectivity index (χ0n) is 38.0. The Labute approximate surface area is 404 Å². The maximum Gasteiger partial charge on any atom is 0.124 e. The quantitative estimate of drug-likeness (QED) is 0.160. The molecule has 0 atom stereocenters.